The summed E-state index contributed by atoms with van der Waals surface area (Å²) >= 11 is 0. The smallest absolute Gasteiger partial charge is 0.309 e. The van der Waals surface area contributed by atoms with Crippen LogP contribution in [0.25, 0.3) is 0 Å². The molecule has 0 bridgehead atoms. The molecule has 104 valence electrons. The van der Waals surface area contributed by atoms with Crippen molar-refractivity contribution in [3.05, 3.63) is 25.3 Å². The summed E-state index contributed by atoms with van der Waals surface area (Å²) < 4.78 is 5.03. The first-order valence-electron chi connectivity index (χ1n) is 7.18. The molecular formula is C16H28O2. The highest BCUT2D eigenvalue weighted by Gasteiger charge is 1.98. The minimum Gasteiger partial charge on any atom is -0.465 e. The maximum absolute atomic E-state index is 11.0. The third-order valence-corrected chi connectivity index (χ3v) is 2.88. The summed E-state index contributed by atoms with van der Waals surface area (Å²) in [6.07, 6.45) is 15.0. The van der Waals surface area contributed by atoms with Gasteiger partial charge in [-0.1, -0.05) is 50.7 Å². The summed E-state index contributed by atoms with van der Waals surface area (Å²) in [5.74, 6) is -0.160. The van der Waals surface area contributed by atoms with Gasteiger partial charge in [0.25, 0.3) is 0 Å². The first-order valence-corrected chi connectivity index (χ1v) is 7.18. The SMILES string of the molecule is C=CCCCCCCCCCCOC(=O)CC=C. The molecule has 2 nitrogen and oxygen atoms in total. The Hall–Kier alpha value is -1.05. The van der Waals surface area contributed by atoms with Crippen LogP contribution in [0.5, 0.6) is 0 Å². The number of allylic oxidation sites excluding steroid dienone is 1. The van der Waals surface area contributed by atoms with Gasteiger partial charge in [-0.2, -0.15) is 0 Å². The zero-order valence-electron chi connectivity index (χ0n) is 11.7. The van der Waals surface area contributed by atoms with Crippen molar-refractivity contribution in [1.82, 2.24) is 0 Å². The molecule has 0 aromatic rings. The molecule has 0 saturated carbocycles. The third-order valence-electron chi connectivity index (χ3n) is 2.88. The highest BCUT2D eigenvalue weighted by molar-refractivity contribution is 5.70. The second kappa shape index (κ2) is 14.0. The molecule has 0 unspecified atom stereocenters. The van der Waals surface area contributed by atoms with E-state index in [4.69, 9.17) is 4.74 Å². The van der Waals surface area contributed by atoms with Gasteiger partial charge in [-0.15, -0.1) is 13.2 Å². The minimum atomic E-state index is -0.160. The molecule has 18 heavy (non-hydrogen) atoms. The molecule has 0 aliphatic heterocycles. The Bertz CT molecular complexity index is 221. The fourth-order valence-corrected chi connectivity index (χ4v) is 1.81. The van der Waals surface area contributed by atoms with Gasteiger partial charge in [0.2, 0.25) is 0 Å². The van der Waals surface area contributed by atoms with Gasteiger partial charge in [0.05, 0.1) is 13.0 Å². The van der Waals surface area contributed by atoms with Gasteiger partial charge in [0.1, 0.15) is 0 Å². The largest absolute Gasteiger partial charge is 0.465 e. The number of esters is 1. The van der Waals surface area contributed by atoms with E-state index in [-0.39, 0.29) is 5.97 Å². The molecule has 2 heteroatoms. The van der Waals surface area contributed by atoms with Crippen molar-refractivity contribution in [2.75, 3.05) is 6.61 Å². The van der Waals surface area contributed by atoms with Crippen LogP contribution in [-0.4, -0.2) is 12.6 Å². The molecule has 0 N–H and O–H groups in total. The van der Waals surface area contributed by atoms with Crippen LogP contribution in [-0.2, 0) is 9.53 Å². The van der Waals surface area contributed by atoms with Crippen LogP contribution < -0.4 is 0 Å². The highest BCUT2D eigenvalue weighted by atomic mass is 16.5. The van der Waals surface area contributed by atoms with Crippen LogP contribution in [0, 0.1) is 0 Å². The zero-order valence-corrected chi connectivity index (χ0v) is 11.7. The molecule has 0 heterocycles. The number of ether oxygens (including phenoxy) is 1. The molecule has 0 aliphatic rings. The molecule has 0 aromatic heterocycles. The van der Waals surface area contributed by atoms with Gasteiger partial charge in [0.15, 0.2) is 0 Å². The normalized spacial score (nSPS) is 10.0. The number of carbonyl (C=O) groups is 1. The van der Waals surface area contributed by atoms with Gasteiger partial charge in [-0.25, -0.2) is 0 Å². The van der Waals surface area contributed by atoms with Gasteiger partial charge >= 0.3 is 5.97 Å². The summed E-state index contributed by atoms with van der Waals surface area (Å²) in [6, 6.07) is 0. The van der Waals surface area contributed by atoms with Crippen LogP contribution in [0.3, 0.4) is 0 Å². The predicted molar refractivity (Wildman–Crippen MR) is 77.5 cm³/mol. The quantitative estimate of drug-likeness (QED) is 0.267. The van der Waals surface area contributed by atoms with Gasteiger partial charge in [0, 0.05) is 0 Å². The molecule has 0 aliphatic carbocycles. The van der Waals surface area contributed by atoms with E-state index < -0.39 is 0 Å². The average molecular weight is 252 g/mol. The maximum atomic E-state index is 11.0. The first-order chi connectivity index (χ1) is 8.81. The van der Waals surface area contributed by atoms with E-state index in [9.17, 15) is 4.79 Å². The number of carbonyl (C=O) groups excluding carboxylic acids is 1. The van der Waals surface area contributed by atoms with E-state index in [0.717, 1.165) is 19.3 Å². The molecule has 0 aromatic carbocycles. The fourth-order valence-electron chi connectivity index (χ4n) is 1.81. The van der Waals surface area contributed by atoms with Crippen LogP contribution in [0.2, 0.25) is 0 Å². The van der Waals surface area contributed by atoms with E-state index in [0.29, 0.717) is 13.0 Å². The Balaban J connectivity index is 3.05. The standard InChI is InChI=1S/C16H28O2/c1-3-5-6-7-8-9-10-11-12-13-15-18-16(17)14-4-2/h3-4H,1-2,5-15H2. The number of unbranched alkanes of at least 4 members (excludes halogenated alkanes) is 8. The van der Waals surface area contributed by atoms with Crippen LogP contribution in [0.4, 0.5) is 0 Å². The molecule has 0 saturated heterocycles. The lowest BCUT2D eigenvalue weighted by Crippen LogP contribution is -2.04. The molecule has 0 amide bonds. The van der Waals surface area contributed by atoms with Gasteiger partial charge in [-0.05, 0) is 19.3 Å². The fraction of sp³-hybridized carbons (Fsp3) is 0.688. The molecule has 0 rings (SSSR count). The van der Waals surface area contributed by atoms with Crippen LogP contribution in [0.1, 0.15) is 64.2 Å². The number of rotatable bonds is 13. The summed E-state index contributed by atoms with van der Waals surface area (Å²) in [5.41, 5.74) is 0. The molecule has 0 fully saturated rings. The Kier molecular flexibility index (Phi) is 13.2. The number of hydrogen-bond acceptors (Lipinski definition) is 2. The Morgan fingerprint density at radius 3 is 1.94 bits per heavy atom. The molecule has 0 radical (unpaired) electrons. The molecule has 0 spiro atoms. The predicted octanol–water partition coefficient (Wildman–Crippen LogP) is 4.80. The van der Waals surface area contributed by atoms with E-state index in [2.05, 4.69) is 13.2 Å². The highest BCUT2D eigenvalue weighted by Crippen LogP contribution is 2.09. The van der Waals surface area contributed by atoms with E-state index >= 15 is 0 Å². The number of hydrogen-bond donors (Lipinski definition) is 0. The average Bonchev–Trinajstić information content (AvgIpc) is 2.36. The second-order valence-corrected chi connectivity index (χ2v) is 4.62. The lowest BCUT2D eigenvalue weighted by atomic mass is 10.1. The summed E-state index contributed by atoms with van der Waals surface area (Å²) in [7, 11) is 0. The van der Waals surface area contributed by atoms with Crippen molar-refractivity contribution in [3.8, 4) is 0 Å². The van der Waals surface area contributed by atoms with Crippen molar-refractivity contribution >= 4 is 5.97 Å². The Labute approximate surface area is 112 Å². The van der Waals surface area contributed by atoms with Gasteiger partial charge < -0.3 is 4.74 Å². The van der Waals surface area contributed by atoms with Gasteiger partial charge in [-0.3, -0.25) is 4.79 Å². The third kappa shape index (κ3) is 13.0. The maximum Gasteiger partial charge on any atom is 0.309 e. The van der Waals surface area contributed by atoms with Crippen molar-refractivity contribution in [2.45, 2.75) is 64.2 Å². The zero-order chi connectivity index (χ0) is 13.5. The van der Waals surface area contributed by atoms with E-state index in [1.165, 1.54) is 38.5 Å². The molecule has 0 atom stereocenters. The summed E-state index contributed by atoms with van der Waals surface area (Å²) in [5, 5.41) is 0. The van der Waals surface area contributed by atoms with Crippen LogP contribution in [0.15, 0.2) is 25.3 Å². The second-order valence-electron chi connectivity index (χ2n) is 4.62. The van der Waals surface area contributed by atoms with E-state index in [1.54, 1.807) is 6.08 Å². The summed E-state index contributed by atoms with van der Waals surface area (Å²) in [4.78, 5) is 11.0. The monoisotopic (exact) mass is 252 g/mol. The van der Waals surface area contributed by atoms with Crippen molar-refractivity contribution in [1.29, 1.82) is 0 Å². The first kappa shape index (κ1) is 16.9. The van der Waals surface area contributed by atoms with Crippen LogP contribution >= 0.6 is 0 Å². The van der Waals surface area contributed by atoms with Crippen molar-refractivity contribution in [3.63, 3.8) is 0 Å². The lowest BCUT2D eigenvalue weighted by molar-refractivity contribution is -0.142. The van der Waals surface area contributed by atoms with Crippen molar-refractivity contribution in [2.24, 2.45) is 0 Å². The van der Waals surface area contributed by atoms with E-state index in [1.807, 2.05) is 6.08 Å². The summed E-state index contributed by atoms with van der Waals surface area (Å²) in [6.45, 7) is 7.78. The molecular weight excluding hydrogens is 224 g/mol. The Morgan fingerprint density at radius 2 is 1.39 bits per heavy atom. The lowest BCUT2D eigenvalue weighted by Gasteiger charge is -2.03. The minimum absolute atomic E-state index is 0.160. The van der Waals surface area contributed by atoms with Crippen molar-refractivity contribution < 1.29 is 9.53 Å². The Morgan fingerprint density at radius 1 is 0.833 bits per heavy atom. The topological polar surface area (TPSA) is 26.3 Å².